The predicted molar refractivity (Wildman–Crippen MR) is 125 cm³/mol. The van der Waals surface area contributed by atoms with Gasteiger partial charge in [0.15, 0.2) is 5.82 Å². The minimum atomic E-state index is -0.354. The third-order valence-electron chi connectivity index (χ3n) is 4.49. The molecule has 4 aromatic rings. The zero-order valence-corrected chi connectivity index (χ0v) is 18.2. The van der Waals surface area contributed by atoms with Crippen molar-refractivity contribution in [3.8, 4) is 11.4 Å². The number of anilines is 2. The van der Waals surface area contributed by atoms with Gasteiger partial charge in [-0.15, -0.1) is 0 Å². The van der Waals surface area contributed by atoms with E-state index < -0.39 is 0 Å². The molecule has 1 amide bonds. The second-order valence-corrected chi connectivity index (χ2v) is 8.61. The molecule has 0 aliphatic carbocycles. The molecule has 0 fully saturated rings. The molecular formula is C24H22ClN5O. The van der Waals surface area contributed by atoms with Gasteiger partial charge in [0.1, 0.15) is 5.82 Å². The third kappa shape index (κ3) is 4.81. The Bertz CT molecular complexity index is 1250. The van der Waals surface area contributed by atoms with Crippen LogP contribution < -0.4 is 10.6 Å². The smallest absolute Gasteiger partial charge is 0.253 e. The fourth-order valence-corrected chi connectivity index (χ4v) is 3.32. The molecule has 6 nitrogen and oxygen atoms in total. The Hall–Kier alpha value is -3.51. The van der Waals surface area contributed by atoms with Crippen molar-refractivity contribution >= 4 is 39.9 Å². The molecule has 31 heavy (non-hydrogen) atoms. The number of hydrogen-bond donors (Lipinski definition) is 2. The maximum Gasteiger partial charge on any atom is 0.253 e. The van der Waals surface area contributed by atoms with Crippen LogP contribution in [0.5, 0.6) is 0 Å². The van der Waals surface area contributed by atoms with E-state index in [0.717, 1.165) is 16.5 Å². The largest absolute Gasteiger partial charge is 0.347 e. The average Bonchev–Trinajstić information content (AvgIpc) is 2.73. The van der Waals surface area contributed by atoms with Crippen LogP contribution in [0.1, 0.15) is 31.1 Å². The van der Waals surface area contributed by atoms with Crippen LogP contribution in [0.3, 0.4) is 0 Å². The number of hydrogen-bond acceptors (Lipinski definition) is 5. The van der Waals surface area contributed by atoms with Crippen LogP contribution in [0, 0.1) is 0 Å². The molecule has 2 aromatic heterocycles. The maximum atomic E-state index is 12.9. The molecule has 0 bridgehead atoms. The number of pyridine rings is 1. The lowest BCUT2D eigenvalue weighted by atomic mass is 10.1. The summed E-state index contributed by atoms with van der Waals surface area (Å²) in [6.45, 7) is 5.84. The number of carbonyl (C=O) groups is 1. The molecule has 0 aliphatic rings. The minimum Gasteiger partial charge on any atom is -0.347 e. The van der Waals surface area contributed by atoms with Gasteiger partial charge in [0.25, 0.3) is 5.91 Å². The van der Waals surface area contributed by atoms with E-state index in [1.54, 1.807) is 24.5 Å². The molecule has 0 saturated carbocycles. The van der Waals surface area contributed by atoms with E-state index in [-0.39, 0.29) is 11.4 Å². The Morgan fingerprint density at radius 2 is 1.81 bits per heavy atom. The second kappa shape index (κ2) is 8.32. The number of benzene rings is 2. The highest BCUT2D eigenvalue weighted by Crippen LogP contribution is 2.30. The molecule has 2 N–H and O–H groups in total. The van der Waals surface area contributed by atoms with Crippen LogP contribution in [0.4, 0.5) is 11.5 Å². The summed E-state index contributed by atoms with van der Waals surface area (Å²) in [7, 11) is 0. The molecule has 0 unspecified atom stereocenters. The highest BCUT2D eigenvalue weighted by atomic mass is 35.5. The molecule has 0 radical (unpaired) electrons. The third-order valence-corrected chi connectivity index (χ3v) is 4.73. The van der Waals surface area contributed by atoms with Gasteiger partial charge < -0.3 is 10.6 Å². The minimum absolute atomic E-state index is 0.167. The highest BCUT2D eigenvalue weighted by Gasteiger charge is 2.19. The molecule has 7 heteroatoms. The van der Waals surface area contributed by atoms with Gasteiger partial charge in [-0.2, -0.15) is 0 Å². The summed E-state index contributed by atoms with van der Waals surface area (Å²) in [5, 5.41) is 7.66. The fourth-order valence-electron chi connectivity index (χ4n) is 3.15. The first-order chi connectivity index (χ1) is 14.8. The number of rotatable bonds is 4. The number of para-hydroxylation sites is 1. The van der Waals surface area contributed by atoms with Crippen molar-refractivity contribution in [2.75, 3.05) is 5.32 Å². The molecule has 2 heterocycles. The van der Waals surface area contributed by atoms with Gasteiger partial charge in [0, 0.05) is 33.9 Å². The van der Waals surface area contributed by atoms with Crippen molar-refractivity contribution in [1.82, 2.24) is 20.3 Å². The van der Waals surface area contributed by atoms with Crippen LogP contribution in [-0.4, -0.2) is 26.4 Å². The maximum absolute atomic E-state index is 12.9. The van der Waals surface area contributed by atoms with Crippen molar-refractivity contribution < 1.29 is 4.79 Å². The number of nitrogens with one attached hydrogen (secondary N) is 2. The number of fused-ring (bicyclic) bond motifs is 1. The number of halogens is 1. The first-order valence-electron chi connectivity index (χ1n) is 9.86. The Kier molecular flexibility index (Phi) is 5.57. The summed E-state index contributed by atoms with van der Waals surface area (Å²) in [5.74, 6) is 0.920. The van der Waals surface area contributed by atoms with E-state index in [4.69, 9.17) is 16.6 Å². The number of carbonyl (C=O) groups excluding carboxylic acids is 1. The molecule has 4 rings (SSSR count). The average molecular weight is 432 g/mol. The Morgan fingerprint density at radius 3 is 2.55 bits per heavy atom. The van der Waals surface area contributed by atoms with Gasteiger partial charge in [-0.3, -0.25) is 9.78 Å². The molecule has 0 spiro atoms. The number of amides is 1. The van der Waals surface area contributed by atoms with E-state index in [1.165, 1.54) is 0 Å². The lowest BCUT2D eigenvalue weighted by Crippen LogP contribution is -2.40. The van der Waals surface area contributed by atoms with Crippen LogP contribution in [-0.2, 0) is 0 Å². The zero-order valence-electron chi connectivity index (χ0n) is 17.5. The van der Waals surface area contributed by atoms with Crippen LogP contribution in [0.15, 0.2) is 67.0 Å². The van der Waals surface area contributed by atoms with Gasteiger partial charge in [-0.1, -0.05) is 23.7 Å². The summed E-state index contributed by atoms with van der Waals surface area (Å²) in [5.41, 5.74) is 2.33. The predicted octanol–water partition coefficient (Wildman–Crippen LogP) is 5.62. The summed E-state index contributed by atoms with van der Waals surface area (Å²) < 4.78 is 0. The highest BCUT2D eigenvalue weighted by molar-refractivity contribution is 6.31. The van der Waals surface area contributed by atoms with Gasteiger partial charge in [-0.05, 0) is 63.2 Å². The second-order valence-electron chi connectivity index (χ2n) is 8.17. The normalized spacial score (nSPS) is 11.4. The van der Waals surface area contributed by atoms with Gasteiger partial charge in [0.05, 0.1) is 16.8 Å². The SMILES string of the molecule is CC(C)(C)NC(=O)c1ccccc1Nc1nc(-c2cccnc2)nc2ccc(Cl)cc12. The molecule has 0 saturated heterocycles. The standard InChI is InChI=1S/C24H22ClN5O/c1-24(2,3)30-23(31)17-8-4-5-9-19(17)28-22-18-13-16(25)10-11-20(18)27-21(29-22)15-7-6-12-26-14-15/h4-14H,1-3H3,(H,30,31)(H,27,28,29). The Labute approximate surface area is 185 Å². The molecule has 0 aliphatic heterocycles. The Balaban J connectivity index is 1.82. The van der Waals surface area contributed by atoms with Gasteiger partial charge >= 0.3 is 0 Å². The van der Waals surface area contributed by atoms with E-state index in [9.17, 15) is 4.79 Å². The molecule has 0 atom stereocenters. The van der Waals surface area contributed by atoms with E-state index in [1.807, 2.05) is 63.2 Å². The first-order valence-corrected chi connectivity index (χ1v) is 10.2. The van der Waals surface area contributed by atoms with E-state index in [0.29, 0.717) is 27.9 Å². The fraction of sp³-hybridized carbons (Fsp3) is 0.167. The van der Waals surface area contributed by atoms with E-state index in [2.05, 4.69) is 20.6 Å². The Morgan fingerprint density at radius 1 is 1.00 bits per heavy atom. The first kappa shape index (κ1) is 20.8. The monoisotopic (exact) mass is 431 g/mol. The van der Waals surface area contributed by atoms with Crippen molar-refractivity contribution in [3.05, 3.63) is 77.6 Å². The number of nitrogens with zero attached hydrogens (tertiary/aromatic N) is 3. The summed E-state index contributed by atoms with van der Waals surface area (Å²) in [6.07, 6.45) is 3.42. The molecule has 156 valence electrons. The number of aromatic nitrogens is 3. The summed E-state index contributed by atoms with van der Waals surface area (Å²) >= 11 is 6.25. The zero-order chi connectivity index (χ0) is 22.0. The van der Waals surface area contributed by atoms with Gasteiger partial charge in [-0.25, -0.2) is 9.97 Å². The molecule has 2 aromatic carbocycles. The lowest BCUT2D eigenvalue weighted by Gasteiger charge is -2.22. The molecular weight excluding hydrogens is 410 g/mol. The summed E-state index contributed by atoms with van der Waals surface area (Å²) in [4.78, 5) is 26.4. The van der Waals surface area contributed by atoms with Crippen molar-refractivity contribution in [3.63, 3.8) is 0 Å². The quantitative estimate of drug-likeness (QED) is 0.438. The van der Waals surface area contributed by atoms with Crippen LogP contribution in [0.2, 0.25) is 5.02 Å². The van der Waals surface area contributed by atoms with Crippen LogP contribution >= 0.6 is 11.6 Å². The van der Waals surface area contributed by atoms with Crippen molar-refractivity contribution in [2.24, 2.45) is 0 Å². The lowest BCUT2D eigenvalue weighted by molar-refractivity contribution is 0.0920. The van der Waals surface area contributed by atoms with Crippen LogP contribution in [0.25, 0.3) is 22.3 Å². The van der Waals surface area contributed by atoms with E-state index >= 15 is 0 Å². The van der Waals surface area contributed by atoms with Gasteiger partial charge in [0.2, 0.25) is 0 Å². The summed E-state index contributed by atoms with van der Waals surface area (Å²) in [6, 6.07) is 16.5. The topological polar surface area (TPSA) is 79.8 Å². The van der Waals surface area contributed by atoms with Crippen molar-refractivity contribution in [1.29, 1.82) is 0 Å². The van der Waals surface area contributed by atoms with Crippen molar-refractivity contribution in [2.45, 2.75) is 26.3 Å².